The maximum Gasteiger partial charge on any atom is 0.312 e. The summed E-state index contributed by atoms with van der Waals surface area (Å²) in [5.41, 5.74) is 4.76. The summed E-state index contributed by atoms with van der Waals surface area (Å²) in [4.78, 5) is 11.9. The fraction of sp³-hybridized carbons (Fsp3) is 0.276. The molecule has 33 heavy (non-hydrogen) atoms. The van der Waals surface area contributed by atoms with Crippen molar-refractivity contribution in [1.29, 1.82) is 0 Å². The Bertz CT molecular complexity index is 1020. The molecule has 3 aromatic carbocycles. The number of esters is 1. The summed E-state index contributed by atoms with van der Waals surface area (Å²) in [6.45, 7) is 7.02. The van der Waals surface area contributed by atoms with Gasteiger partial charge in [-0.15, -0.1) is 0 Å². The van der Waals surface area contributed by atoms with E-state index in [0.717, 1.165) is 5.75 Å². The highest BCUT2D eigenvalue weighted by Crippen LogP contribution is 2.23. The van der Waals surface area contributed by atoms with Crippen LogP contribution in [0.4, 0.5) is 0 Å². The van der Waals surface area contributed by atoms with Crippen molar-refractivity contribution in [2.75, 3.05) is 19.8 Å². The lowest BCUT2D eigenvalue weighted by atomic mass is 10.0. The normalized spacial score (nSPS) is 12.2. The molecule has 0 aliphatic carbocycles. The molecule has 4 nitrogen and oxygen atoms in total. The summed E-state index contributed by atoms with van der Waals surface area (Å²) in [6, 6.07) is 26.4. The van der Waals surface area contributed by atoms with Gasteiger partial charge in [0.2, 0.25) is 0 Å². The molecule has 4 heteroatoms. The molecule has 0 N–H and O–H groups in total. The number of ether oxygens (including phenoxy) is 3. The molecule has 0 bridgehead atoms. The van der Waals surface area contributed by atoms with E-state index >= 15 is 0 Å². The third-order valence-electron chi connectivity index (χ3n) is 5.47. The predicted molar refractivity (Wildman–Crippen MR) is 133 cm³/mol. The number of hydrogen-bond acceptors (Lipinski definition) is 4. The minimum atomic E-state index is -0.254. The molecule has 172 valence electrons. The van der Waals surface area contributed by atoms with E-state index in [1.54, 1.807) is 0 Å². The van der Waals surface area contributed by atoms with Crippen molar-refractivity contribution in [3.8, 4) is 22.6 Å². The average Bonchev–Trinajstić information content (AvgIpc) is 2.86. The van der Waals surface area contributed by atoms with Gasteiger partial charge in [0.05, 0.1) is 12.5 Å². The molecule has 0 amide bonds. The van der Waals surface area contributed by atoms with Crippen LogP contribution in [0.2, 0.25) is 0 Å². The highest BCUT2D eigenvalue weighted by atomic mass is 16.5. The summed E-state index contributed by atoms with van der Waals surface area (Å²) >= 11 is 0. The van der Waals surface area contributed by atoms with Gasteiger partial charge in [-0.1, -0.05) is 61.5 Å². The van der Waals surface area contributed by atoms with Gasteiger partial charge in [0.25, 0.3) is 0 Å². The van der Waals surface area contributed by atoms with Crippen molar-refractivity contribution in [3.63, 3.8) is 0 Å². The van der Waals surface area contributed by atoms with Crippen molar-refractivity contribution in [2.45, 2.75) is 27.2 Å². The van der Waals surface area contributed by atoms with Crippen molar-refractivity contribution in [2.24, 2.45) is 5.92 Å². The van der Waals surface area contributed by atoms with Crippen LogP contribution in [-0.4, -0.2) is 25.8 Å². The second kappa shape index (κ2) is 12.5. The molecule has 0 aliphatic rings. The molecule has 0 fully saturated rings. The van der Waals surface area contributed by atoms with Crippen LogP contribution in [0.3, 0.4) is 0 Å². The smallest absolute Gasteiger partial charge is 0.312 e. The van der Waals surface area contributed by atoms with Crippen LogP contribution in [0, 0.1) is 5.92 Å². The SMILES string of the molecule is CCOC(=O)C(CC)COc1ccc(OC/C=C(\C)c2ccc(-c3ccccc3)cc2)cc1. The quantitative estimate of drug-likeness (QED) is 0.305. The van der Waals surface area contributed by atoms with Crippen LogP contribution >= 0.6 is 0 Å². The summed E-state index contributed by atoms with van der Waals surface area (Å²) < 4.78 is 16.7. The molecule has 0 saturated carbocycles. The van der Waals surface area contributed by atoms with Gasteiger partial charge in [0, 0.05) is 0 Å². The number of carbonyl (C=O) groups excluding carboxylic acids is 1. The predicted octanol–water partition coefficient (Wildman–Crippen LogP) is 6.80. The van der Waals surface area contributed by atoms with E-state index in [0.29, 0.717) is 32.0 Å². The Hall–Kier alpha value is -3.53. The molecular weight excluding hydrogens is 412 g/mol. The lowest BCUT2D eigenvalue weighted by Crippen LogP contribution is -2.23. The van der Waals surface area contributed by atoms with Gasteiger partial charge >= 0.3 is 5.97 Å². The van der Waals surface area contributed by atoms with Crippen LogP contribution < -0.4 is 9.47 Å². The third kappa shape index (κ3) is 7.25. The fourth-order valence-electron chi connectivity index (χ4n) is 3.38. The molecule has 0 aromatic heterocycles. The number of benzene rings is 3. The van der Waals surface area contributed by atoms with Gasteiger partial charge in [-0.2, -0.15) is 0 Å². The molecule has 3 aromatic rings. The molecule has 0 heterocycles. The first-order valence-electron chi connectivity index (χ1n) is 11.5. The largest absolute Gasteiger partial charge is 0.493 e. The van der Waals surface area contributed by atoms with Gasteiger partial charge < -0.3 is 14.2 Å². The molecule has 0 aliphatic heterocycles. The monoisotopic (exact) mass is 444 g/mol. The second-order valence-corrected chi connectivity index (χ2v) is 7.78. The number of rotatable bonds is 11. The zero-order valence-electron chi connectivity index (χ0n) is 19.6. The van der Waals surface area contributed by atoms with Crippen LogP contribution in [-0.2, 0) is 9.53 Å². The van der Waals surface area contributed by atoms with Crippen LogP contribution in [0.15, 0.2) is 84.9 Å². The zero-order chi connectivity index (χ0) is 23.5. The zero-order valence-corrected chi connectivity index (χ0v) is 19.6. The summed E-state index contributed by atoms with van der Waals surface area (Å²) in [7, 11) is 0. The Labute approximate surface area is 196 Å². The van der Waals surface area contributed by atoms with Gasteiger partial charge in [0.1, 0.15) is 24.7 Å². The molecule has 0 spiro atoms. The van der Waals surface area contributed by atoms with E-state index < -0.39 is 0 Å². The molecule has 0 saturated heterocycles. The minimum absolute atomic E-state index is 0.211. The van der Waals surface area contributed by atoms with Gasteiger partial charge in [-0.05, 0) is 72.9 Å². The Balaban J connectivity index is 1.49. The van der Waals surface area contributed by atoms with E-state index in [-0.39, 0.29) is 11.9 Å². The summed E-state index contributed by atoms with van der Waals surface area (Å²) in [6.07, 6.45) is 2.76. The number of allylic oxidation sites excluding steroid dienone is 1. The number of hydrogen-bond donors (Lipinski definition) is 0. The maximum absolute atomic E-state index is 11.9. The molecule has 3 rings (SSSR count). The summed E-state index contributed by atoms with van der Waals surface area (Å²) in [5, 5.41) is 0. The van der Waals surface area contributed by atoms with Gasteiger partial charge in [0.15, 0.2) is 0 Å². The van der Waals surface area contributed by atoms with E-state index in [4.69, 9.17) is 14.2 Å². The fourth-order valence-corrected chi connectivity index (χ4v) is 3.38. The van der Waals surface area contributed by atoms with Crippen molar-refractivity contribution in [3.05, 3.63) is 90.5 Å². The topological polar surface area (TPSA) is 44.8 Å². The highest BCUT2D eigenvalue weighted by molar-refractivity contribution is 5.72. The maximum atomic E-state index is 11.9. The van der Waals surface area contributed by atoms with E-state index in [1.807, 2.05) is 44.2 Å². The van der Waals surface area contributed by atoms with Gasteiger partial charge in [-0.25, -0.2) is 0 Å². The van der Waals surface area contributed by atoms with Crippen molar-refractivity contribution in [1.82, 2.24) is 0 Å². The van der Waals surface area contributed by atoms with Gasteiger partial charge in [-0.3, -0.25) is 4.79 Å². The molecule has 0 radical (unpaired) electrons. The Kier molecular flexibility index (Phi) is 9.13. The molecular formula is C29H32O4. The standard InChI is InChI=1S/C29H32O4/c1-4-23(29(30)31-5-2)21-33-28-17-15-27(16-18-28)32-20-19-22(3)24-11-13-26(14-12-24)25-9-7-6-8-10-25/h6-19,23H,4-5,20-21H2,1-3H3/b22-19+. The first-order chi connectivity index (χ1) is 16.1. The van der Waals surface area contributed by atoms with Crippen molar-refractivity contribution >= 4 is 11.5 Å². The first kappa shape index (κ1) is 24.1. The minimum Gasteiger partial charge on any atom is -0.493 e. The van der Waals surface area contributed by atoms with Crippen LogP contribution in [0.1, 0.15) is 32.8 Å². The van der Waals surface area contributed by atoms with Crippen LogP contribution in [0.25, 0.3) is 16.7 Å². The Morgan fingerprint density at radius 2 is 1.42 bits per heavy atom. The van der Waals surface area contributed by atoms with Crippen molar-refractivity contribution < 1.29 is 19.0 Å². The van der Waals surface area contributed by atoms with E-state index in [1.165, 1.54) is 22.3 Å². The number of carbonyl (C=O) groups is 1. The first-order valence-corrected chi connectivity index (χ1v) is 11.5. The van der Waals surface area contributed by atoms with Crippen LogP contribution in [0.5, 0.6) is 11.5 Å². The van der Waals surface area contributed by atoms with E-state index in [9.17, 15) is 4.79 Å². The Morgan fingerprint density at radius 1 is 0.818 bits per heavy atom. The lowest BCUT2D eigenvalue weighted by molar-refractivity contribution is -0.149. The molecule has 1 atom stereocenters. The lowest BCUT2D eigenvalue weighted by Gasteiger charge is -2.14. The summed E-state index contributed by atoms with van der Waals surface area (Å²) in [5.74, 6) is 1.01. The Morgan fingerprint density at radius 3 is 2.03 bits per heavy atom. The average molecular weight is 445 g/mol. The highest BCUT2D eigenvalue weighted by Gasteiger charge is 2.18. The third-order valence-corrected chi connectivity index (χ3v) is 5.47. The molecule has 1 unspecified atom stereocenters. The second-order valence-electron chi connectivity index (χ2n) is 7.78. The van der Waals surface area contributed by atoms with E-state index in [2.05, 4.69) is 61.5 Å².